The zero-order valence-corrected chi connectivity index (χ0v) is 14.6. The highest BCUT2D eigenvalue weighted by Gasteiger charge is 2.14. The monoisotopic (exact) mass is 340 g/mol. The second-order valence-electron chi connectivity index (χ2n) is 6.05. The van der Waals surface area contributed by atoms with Gasteiger partial charge in [-0.1, -0.05) is 25.0 Å². The Labute approximate surface area is 148 Å². The fourth-order valence-corrected chi connectivity index (χ4v) is 3.01. The number of hydrogen-bond acceptors (Lipinski definition) is 6. The second-order valence-corrected chi connectivity index (χ2v) is 6.05. The van der Waals surface area contributed by atoms with E-state index in [-0.39, 0.29) is 5.97 Å². The highest BCUT2D eigenvalue weighted by atomic mass is 16.5. The Morgan fingerprint density at radius 2 is 1.92 bits per heavy atom. The van der Waals surface area contributed by atoms with Crippen molar-refractivity contribution in [1.82, 2.24) is 9.97 Å². The molecule has 0 spiro atoms. The van der Waals surface area contributed by atoms with Gasteiger partial charge in [0.15, 0.2) is 0 Å². The molecule has 6 nitrogen and oxygen atoms in total. The van der Waals surface area contributed by atoms with Crippen molar-refractivity contribution in [1.29, 1.82) is 0 Å². The van der Waals surface area contributed by atoms with Crippen molar-refractivity contribution in [2.24, 2.45) is 0 Å². The van der Waals surface area contributed by atoms with Crippen molar-refractivity contribution < 1.29 is 9.53 Å². The van der Waals surface area contributed by atoms with Crippen LogP contribution < -0.4 is 10.2 Å². The predicted molar refractivity (Wildman–Crippen MR) is 98.4 cm³/mol. The SMILES string of the molecule is CCOC(=O)c1ccccc1Nc1cc(N2CCCCCC2)ncn1. The molecule has 6 heteroatoms. The summed E-state index contributed by atoms with van der Waals surface area (Å²) in [6.45, 7) is 4.19. The zero-order chi connectivity index (χ0) is 17.5. The maximum atomic E-state index is 12.1. The standard InChI is InChI=1S/C19H24N4O2/c1-2-25-19(24)15-9-5-6-10-16(15)22-17-13-18(21-14-20-17)23-11-7-3-4-8-12-23/h5-6,9-10,13-14H,2-4,7-8,11-12H2,1H3,(H,20,21,22). The van der Waals surface area contributed by atoms with Crippen LogP contribution in [0.5, 0.6) is 0 Å². The predicted octanol–water partition coefficient (Wildman–Crippen LogP) is 3.78. The third-order valence-corrected chi connectivity index (χ3v) is 4.27. The van der Waals surface area contributed by atoms with E-state index in [1.807, 2.05) is 24.3 Å². The molecule has 0 saturated carbocycles. The lowest BCUT2D eigenvalue weighted by Crippen LogP contribution is -2.25. The second kappa shape index (κ2) is 8.46. The van der Waals surface area contributed by atoms with E-state index in [0.717, 1.165) is 18.9 Å². The van der Waals surface area contributed by atoms with E-state index in [2.05, 4.69) is 20.2 Å². The maximum Gasteiger partial charge on any atom is 0.340 e. The number of aromatic nitrogens is 2. The van der Waals surface area contributed by atoms with Gasteiger partial charge in [-0.05, 0) is 31.9 Å². The Bertz CT molecular complexity index is 712. The van der Waals surface area contributed by atoms with Gasteiger partial charge in [0.25, 0.3) is 0 Å². The van der Waals surface area contributed by atoms with Crippen molar-refractivity contribution >= 4 is 23.3 Å². The van der Waals surface area contributed by atoms with Crippen molar-refractivity contribution in [2.45, 2.75) is 32.6 Å². The lowest BCUT2D eigenvalue weighted by molar-refractivity contribution is 0.0527. The largest absolute Gasteiger partial charge is 0.462 e. The number of nitrogens with one attached hydrogen (secondary N) is 1. The average molecular weight is 340 g/mol. The number of benzene rings is 1. The molecular formula is C19H24N4O2. The number of hydrogen-bond donors (Lipinski definition) is 1. The number of esters is 1. The Kier molecular flexibility index (Phi) is 5.82. The highest BCUT2D eigenvalue weighted by Crippen LogP contribution is 2.23. The molecule has 3 rings (SSSR count). The van der Waals surface area contributed by atoms with Gasteiger partial charge in [0.2, 0.25) is 0 Å². The number of ether oxygens (including phenoxy) is 1. The minimum Gasteiger partial charge on any atom is -0.462 e. The van der Waals surface area contributed by atoms with Gasteiger partial charge in [-0.3, -0.25) is 0 Å². The summed E-state index contributed by atoms with van der Waals surface area (Å²) in [4.78, 5) is 23.1. The van der Waals surface area contributed by atoms with Gasteiger partial charge in [-0.25, -0.2) is 14.8 Å². The number of nitrogens with zero attached hydrogens (tertiary/aromatic N) is 3. The van der Waals surface area contributed by atoms with Crippen molar-refractivity contribution in [3.8, 4) is 0 Å². The molecule has 0 atom stereocenters. The van der Waals surface area contributed by atoms with Crippen LogP contribution in [0.2, 0.25) is 0 Å². The Balaban J connectivity index is 1.79. The smallest absolute Gasteiger partial charge is 0.340 e. The van der Waals surface area contributed by atoms with Gasteiger partial charge >= 0.3 is 5.97 Å². The van der Waals surface area contributed by atoms with Crippen LogP contribution >= 0.6 is 0 Å². The van der Waals surface area contributed by atoms with E-state index >= 15 is 0 Å². The molecule has 2 aromatic rings. The number of carbonyl (C=O) groups is 1. The molecule has 2 heterocycles. The van der Waals surface area contributed by atoms with Gasteiger partial charge in [-0.2, -0.15) is 0 Å². The zero-order valence-electron chi connectivity index (χ0n) is 14.6. The normalized spacial score (nSPS) is 14.7. The van der Waals surface area contributed by atoms with Crippen LogP contribution in [0.15, 0.2) is 36.7 Å². The molecule has 0 unspecified atom stereocenters. The average Bonchev–Trinajstić information content (AvgIpc) is 2.92. The minimum absolute atomic E-state index is 0.340. The highest BCUT2D eigenvalue weighted by molar-refractivity contribution is 5.96. The first-order chi connectivity index (χ1) is 12.3. The maximum absolute atomic E-state index is 12.1. The van der Waals surface area contributed by atoms with Crippen molar-refractivity contribution in [2.75, 3.05) is 29.9 Å². The number of carbonyl (C=O) groups excluding carboxylic acids is 1. The van der Waals surface area contributed by atoms with Crippen LogP contribution in [0.4, 0.5) is 17.3 Å². The van der Waals surface area contributed by atoms with Crippen LogP contribution in [0.25, 0.3) is 0 Å². The van der Waals surface area contributed by atoms with E-state index in [1.54, 1.807) is 19.3 Å². The molecule has 1 N–H and O–H groups in total. The van der Waals surface area contributed by atoms with Gasteiger partial charge < -0.3 is 15.0 Å². The molecule has 1 fully saturated rings. The Morgan fingerprint density at radius 1 is 1.16 bits per heavy atom. The topological polar surface area (TPSA) is 67.3 Å². The Morgan fingerprint density at radius 3 is 2.68 bits per heavy atom. The molecule has 1 aromatic heterocycles. The summed E-state index contributed by atoms with van der Waals surface area (Å²) in [5.74, 6) is 1.26. The molecule has 0 aliphatic carbocycles. The molecule has 1 saturated heterocycles. The van der Waals surface area contributed by atoms with Crippen LogP contribution in [-0.2, 0) is 4.74 Å². The Hall–Kier alpha value is -2.63. The lowest BCUT2D eigenvalue weighted by atomic mass is 10.2. The first-order valence-corrected chi connectivity index (χ1v) is 8.88. The van der Waals surface area contributed by atoms with E-state index in [0.29, 0.717) is 23.7 Å². The number of rotatable bonds is 5. The third-order valence-electron chi connectivity index (χ3n) is 4.27. The summed E-state index contributed by atoms with van der Waals surface area (Å²) in [5.41, 5.74) is 1.18. The molecule has 1 aromatic carbocycles. The molecule has 25 heavy (non-hydrogen) atoms. The minimum atomic E-state index is -0.340. The lowest BCUT2D eigenvalue weighted by Gasteiger charge is -2.21. The summed E-state index contributed by atoms with van der Waals surface area (Å²) in [7, 11) is 0. The van der Waals surface area contributed by atoms with Crippen molar-refractivity contribution in [3.05, 3.63) is 42.2 Å². The molecule has 1 aliphatic heterocycles. The molecule has 132 valence electrons. The molecule has 1 aliphatic rings. The number of anilines is 3. The molecule has 0 radical (unpaired) electrons. The quantitative estimate of drug-likeness (QED) is 0.836. The summed E-state index contributed by atoms with van der Waals surface area (Å²) >= 11 is 0. The van der Waals surface area contributed by atoms with E-state index in [9.17, 15) is 4.79 Å². The third kappa shape index (κ3) is 4.47. The summed E-state index contributed by atoms with van der Waals surface area (Å²) < 4.78 is 5.12. The van der Waals surface area contributed by atoms with Crippen LogP contribution in [0, 0.1) is 0 Å². The van der Waals surface area contributed by atoms with Gasteiger partial charge in [0, 0.05) is 19.2 Å². The van der Waals surface area contributed by atoms with E-state index < -0.39 is 0 Å². The van der Waals surface area contributed by atoms with Gasteiger partial charge in [0.05, 0.1) is 17.9 Å². The molecular weight excluding hydrogens is 316 g/mol. The van der Waals surface area contributed by atoms with E-state index in [1.165, 1.54) is 25.7 Å². The van der Waals surface area contributed by atoms with Gasteiger partial charge in [0.1, 0.15) is 18.0 Å². The van der Waals surface area contributed by atoms with Crippen molar-refractivity contribution in [3.63, 3.8) is 0 Å². The van der Waals surface area contributed by atoms with Crippen LogP contribution in [0.3, 0.4) is 0 Å². The van der Waals surface area contributed by atoms with Crippen LogP contribution in [-0.4, -0.2) is 35.6 Å². The molecule has 0 bridgehead atoms. The fraction of sp³-hybridized carbons (Fsp3) is 0.421. The summed E-state index contributed by atoms with van der Waals surface area (Å²) in [6, 6.07) is 9.23. The summed E-state index contributed by atoms with van der Waals surface area (Å²) in [5, 5.41) is 3.23. The first-order valence-electron chi connectivity index (χ1n) is 8.88. The van der Waals surface area contributed by atoms with Crippen LogP contribution in [0.1, 0.15) is 43.0 Å². The summed E-state index contributed by atoms with van der Waals surface area (Å²) in [6.07, 6.45) is 6.51. The fourth-order valence-electron chi connectivity index (χ4n) is 3.01. The first kappa shape index (κ1) is 17.2. The number of para-hydroxylation sites is 1. The van der Waals surface area contributed by atoms with Gasteiger partial charge in [-0.15, -0.1) is 0 Å². The van der Waals surface area contributed by atoms with E-state index in [4.69, 9.17) is 4.74 Å². The molecule has 0 amide bonds.